The van der Waals surface area contributed by atoms with E-state index >= 15 is 0 Å². The van der Waals surface area contributed by atoms with Crippen LogP contribution in [0, 0.1) is 35.4 Å². The fourth-order valence-electron chi connectivity index (χ4n) is 5.13. The molecule has 1 aromatic rings. The van der Waals surface area contributed by atoms with Crippen LogP contribution in [0.4, 0.5) is 4.39 Å². The lowest BCUT2D eigenvalue weighted by molar-refractivity contribution is 0.363. The van der Waals surface area contributed by atoms with E-state index in [1.807, 2.05) is 12.1 Å². The zero-order chi connectivity index (χ0) is 13.9. The van der Waals surface area contributed by atoms with Crippen molar-refractivity contribution in [2.75, 3.05) is 7.11 Å². The van der Waals surface area contributed by atoms with Crippen LogP contribution in [0.25, 0.3) is 0 Å². The zero-order valence-corrected chi connectivity index (χ0v) is 11.7. The van der Waals surface area contributed by atoms with Gasteiger partial charge in [0, 0.05) is 11.6 Å². The molecule has 0 aromatic heterocycles. The van der Waals surface area contributed by atoms with Crippen molar-refractivity contribution in [2.24, 2.45) is 35.4 Å². The number of benzene rings is 1. The summed E-state index contributed by atoms with van der Waals surface area (Å²) in [5.74, 6) is 9.89. The van der Waals surface area contributed by atoms with Crippen LogP contribution in [0.3, 0.4) is 0 Å². The molecule has 3 saturated carbocycles. The average molecular weight is 276 g/mol. The molecule has 0 aliphatic heterocycles. The third kappa shape index (κ3) is 1.64. The van der Waals surface area contributed by atoms with Crippen molar-refractivity contribution in [3.05, 3.63) is 29.6 Å². The van der Waals surface area contributed by atoms with Crippen molar-refractivity contribution in [3.8, 4) is 5.75 Å². The summed E-state index contributed by atoms with van der Waals surface area (Å²) < 4.78 is 19.3. The maximum absolute atomic E-state index is 14.3. The van der Waals surface area contributed by atoms with Crippen molar-refractivity contribution < 1.29 is 9.13 Å². The topological polar surface area (TPSA) is 47.3 Å². The Balaban J connectivity index is 1.60. The van der Waals surface area contributed by atoms with Gasteiger partial charge >= 0.3 is 0 Å². The molecule has 2 bridgehead atoms. The number of hydrogen-bond donors (Lipinski definition) is 2. The van der Waals surface area contributed by atoms with Gasteiger partial charge in [-0.3, -0.25) is 11.3 Å². The molecule has 4 rings (SSSR count). The van der Waals surface area contributed by atoms with Gasteiger partial charge in [-0.2, -0.15) is 0 Å². The molecule has 1 aromatic carbocycles. The maximum Gasteiger partial charge on any atom is 0.131 e. The van der Waals surface area contributed by atoms with E-state index in [1.165, 1.54) is 25.3 Å². The maximum atomic E-state index is 14.3. The molecule has 3 fully saturated rings. The summed E-state index contributed by atoms with van der Waals surface area (Å²) in [5, 5.41) is 0. The lowest BCUT2D eigenvalue weighted by atomic mass is 9.93. The van der Waals surface area contributed by atoms with Crippen molar-refractivity contribution in [3.63, 3.8) is 0 Å². The lowest BCUT2D eigenvalue weighted by Gasteiger charge is -2.21. The molecule has 5 atom stereocenters. The molecular weight excluding hydrogens is 255 g/mol. The quantitative estimate of drug-likeness (QED) is 0.656. The lowest BCUT2D eigenvalue weighted by Crippen LogP contribution is -2.32. The summed E-state index contributed by atoms with van der Waals surface area (Å²) in [4.78, 5) is 0. The van der Waals surface area contributed by atoms with Crippen molar-refractivity contribution in [1.29, 1.82) is 0 Å². The van der Waals surface area contributed by atoms with Gasteiger partial charge in [-0.15, -0.1) is 0 Å². The Kier molecular flexibility index (Phi) is 2.79. The van der Waals surface area contributed by atoms with Crippen molar-refractivity contribution >= 4 is 0 Å². The van der Waals surface area contributed by atoms with Crippen molar-refractivity contribution in [1.82, 2.24) is 5.43 Å². The van der Waals surface area contributed by atoms with Crippen molar-refractivity contribution in [2.45, 2.75) is 25.3 Å². The second kappa shape index (κ2) is 4.43. The number of fused-ring (bicyclic) bond motifs is 5. The molecule has 0 radical (unpaired) electrons. The van der Waals surface area contributed by atoms with Gasteiger partial charge < -0.3 is 4.74 Å². The highest BCUT2D eigenvalue weighted by Gasteiger charge is 2.66. The predicted molar refractivity (Wildman–Crippen MR) is 74.3 cm³/mol. The van der Waals surface area contributed by atoms with E-state index in [1.54, 1.807) is 7.11 Å². The third-order valence-corrected chi connectivity index (χ3v) is 5.90. The summed E-state index contributed by atoms with van der Waals surface area (Å²) in [6.45, 7) is 0. The summed E-state index contributed by atoms with van der Waals surface area (Å²) in [6, 6.07) is 5.02. The predicted octanol–water partition coefficient (Wildman–Crippen LogP) is 2.63. The third-order valence-electron chi connectivity index (χ3n) is 5.90. The minimum Gasteiger partial charge on any atom is -0.497 e. The van der Waals surface area contributed by atoms with Gasteiger partial charge in [-0.05, 0) is 54.9 Å². The van der Waals surface area contributed by atoms with Crippen LogP contribution >= 0.6 is 0 Å². The van der Waals surface area contributed by atoms with Gasteiger partial charge in [-0.1, -0.05) is 6.07 Å². The Morgan fingerprint density at radius 1 is 1.30 bits per heavy atom. The van der Waals surface area contributed by atoms with Gasteiger partial charge in [0.15, 0.2) is 0 Å². The smallest absolute Gasteiger partial charge is 0.131 e. The number of nitrogens with one attached hydrogen (secondary N) is 1. The molecule has 3 nitrogen and oxygen atoms in total. The van der Waals surface area contributed by atoms with Crippen LogP contribution in [0.5, 0.6) is 5.75 Å². The van der Waals surface area contributed by atoms with E-state index in [4.69, 9.17) is 10.6 Å². The number of nitrogens with two attached hydrogens (primary N) is 1. The van der Waals surface area contributed by atoms with Gasteiger partial charge in [0.25, 0.3) is 0 Å². The Bertz CT molecular complexity index is 519. The first-order valence-electron chi connectivity index (χ1n) is 7.54. The average Bonchev–Trinajstić information content (AvgIpc) is 2.88. The fraction of sp³-hybridized carbons (Fsp3) is 0.625. The van der Waals surface area contributed by atoms with E-state index < -0.39 is 0 Å². The number of hydrazine groups is 1. The normalized spacial score (nSPS) is 38.6. The second-order valence-corrected chi connectivity index (χ2v) is 6.60. The van der Waals surface area contributed by atoms with Gasteiger partial charge in [0.1, 0.15) is 11.6 Å². The van der Waals surface area contributed by atoms with Crippen LogP contribution < -0.4 is 16.0 Å². The summed E-state index contributed by atoms with van der Waals surface area (Å²) in [5.41, 5.74) is 3.56. The Labute approximate surface area is 118 Å². The molecule has 3 aliphatic rings. The number of hydrogen-bond acceptors (Lipinski definition) is 3. The van der Waals surface area contributed by atoms with Gasteiger partial charge in [0.05, 0.1) is 13.2 Å². The van der Waals surface area contributed by atoms with E-state index in [-0.39, 0.29) is 11.9 Å². The zero-order valence-electron chi connectivity index (χ0n) is 11.7. The standard InChI is InChI=1S/C16H21FN2O/c1-20-10-4-5-11(12(17)7-10)16(19-18)15-13-8-2-3-9(6-8)14(13)15/h4-5,7-9,13-16,19H,2-3,6,18H2,1H3. The Morgan fingerprint density at radius 3 is 2.55 bits per heavy atom. The highest BCUT2D eigenvalue weighted by molar-refractivity contribution is 5.33. The molecule has 4 heteroatoms. The van der Waals surface area contributed by atoms with Gasteiger partial charge in [0.2, 0.25) is 0 Å². The molecule has 5 unspecified atom stereocenters. The molecule has 0 spiro atoms. The minimum absolute atomic E-state index is 0.0562. The summed E-state index contributed by atoms with van der Waals surface area (Å²) in [7, 11) is 1.55. The fourth-order valence-corrected chi connectivity index (χ4v) is 5.13. The van der Waals surface area contributed by atoms with E-state index in [2.05, 4.69) is 5.43 Å². The summed E-state index contributed by atoms with van der Waals surface area (Å²) in [6.07, 6.45) is 4.13. The highest BCUT2D eigenvalue weighted by atomic mass is 19.1. The first kappa shape index (κ1) is 12.6. The first-order chi connectivity index (χ1) is 9.74. The van der Waals surface area contributed by atoms with Crippen LogP contribution in [0.1, 0.15) is 30.9 Å². The molecule has 3 aliphatic carbocycles. The molecule has 0 amide bonds. The van der Waals surface area contributed by atoms with Crippen LogP contribution in [0.2, 0.25) is 0 Å². The van der Waals surface area contributed by atoms with Crippen LogP contribution in [-0.4, -0.2) is 7.11 Å². The Morgan fingerprint density at radius 2 is 2.00 bits per heavy atom. The molecule has 0 saturated heterocycles. The second-order valence-electron chi connectivity index (χ2n) is 6.60. The number of ether oxygens (including phenoxy) is 1. The van der Waals surface area contributed by atoms with E-state index in [0.717, 1.165) is 23.7 Å². The van der Waals surface area contributed by atoms with E-state index in [9.17, 15) is 4.39 Å². The number of methoxy groups -OCH3 is 1. The molecular formula is C16H21FN2O. The molecule has 3 N–H and O–H groups in total. The van der Waals surface area contributed by atoms with Crippen LogP contribution in [0.15, 0.2) is 18.2 Å². The molecule has 20 heavy (non-hydrogen) atoms. The number of rotatable bonds is 4. The minimum atomic E-state index is -0.218. The molecule has 108 valence electrons. The SMILES string of the molecule is COc1ccc(C(NN)C2C3C4CCC(C4)C32)c(F)c1. The molecule has 0 heterocycles. The summed E-state index contributed by atoms with van der Waals surface area (Å²) >= 11 is 0. The van der Waals surface area contributed by atoms with E-state index in [0.29, 0.717) is 17.2 Å². The monoisotopic (exact) mass is 276 g/mol. The largest absolute Gasteiger partial charge is 0.497 e. The van der Waals surface area contributed by atoms with Crippen LogP contribution in [-0.2, 0) is 0 Å². The Hall–Kier alpha value is -1.13. The highest BCUT2D eigenvalue weighted by Crippen LogP contribution is 2.72. The first-order valence-corrected chi connectivity index (χ1v) is 7.54. The van der Waals surface area contributed by atoms with Gasteiger partial charge in [-0.25, -0.2) is 4.39 Å². The number of halogens is 1.